The molecule has 2 aliphatic heterocycles. The van der Waals surface area contributed by atoms with Gasteiger partial charge in [-0.25, -0.2) is 4.79 Å². The highest BCUT2D eigenvalue weighted by molar-refractivity contribution is 7.09. The number of rotatable bonds is 6. The molecule has 4 rings (SSSR count). The molecule has 0 saturated carbocycles. The molecule has 2 aliphatic rings. The highest BCUT2D eigenvalue weighted by Gasteiger charge is 2.20. The van der Waals surface area contributed by atoms with Crippen molar-refractivity contribution in [3.05, 3.63) is 46.2 Å². The Bertz CT molecular complexity index is 773. The van der Waals surface area contributed by atoms with Crippen LogP contribution >= 0.6 is 11.3 Å². The van der Waals surface area contributed by atoms with Crippen LogP contribution in [0.2, 0.25) is 0 Å². The van der Waals surface area contributed by atoms with Gasteiger partial charge >= 0.3 is 6.03 Å². The fourth-order valence-electron chi connectivity index (χ4n) is 3.65. The molecular formula is C21H27N3O3S. The zero-order chi connectivity index (χ0) is 19.2. The van der Waals surface area contributed by atoms with Gasteiger partial charge in [0.05, 0.1) is 0 Å². The fraction of sp³-hybridized carbons (Fsp3) is 0.476. The number of amides is 2. The van der Waals surface area contributed by atoms with Gasteiger partial charge in [-0.2, -0.15) is 0 Å². The number of ether oxygens (including phenoxy) is 2. The van der Waals surface area contributed by atoms with E-state index in [4.69, 9.17) is 9.47 Å². The van der Waals surface area contributed by atoms with Crippen molar-refractivity contribution < 1.29 is 14.3 Å². The molecule has 1 aromatic carbocycles. The Morgan fingerprint density at radius 2 is 1.93 bits per heavy atom. The Morgan fingerprint density at radius 1 is 1.11 bits per heavy atom. The van der Waals surface area contributed by atoms with E-state index in [1.54, 1.807) is 0 Å². The first-order chi connectivity index (χ1) is 13.8. The quantitative estimate of drug-likeness (QED) is 0.780. The summed E-state index contributed by atoms with van der Waals surface area (Å²) in [4.78, 5) is 16.1. The first kappa shape index (κ1) is 19.1. The van der Waals surface area contributed by atoms with Gasteiger partial charge in [0.2, 0.25) is 0 Å². The Labute approximate surface area is 169 Å². The standard InChI is InChI=1S/C21H27N3O3S/c25-21(23-14-17-3-4-19-20(12-17)27-10-9-26-19)22-13-16-5-7-24(8-6-16)15-18-2-1-11-28-18/h1-4,11-12,16H,5-10,13-15H2,(H2,22,23,25). The number of nitrogens with one attached hydrogen (secondary N) is 2. The van der Waals surface area contributed by atoms with E-state index in [9.17, 15) is 4.79 Å². The number of benzene rings is 1. The van der Waals surface area contributed by atoms with Gasteiger partial charge in [-0.05, 0) is 61.0 Å². The van der Waals surface area contributed by atoms with Gasteiger partial charge in [0.15, 0.2) is 11.5 Å². The molecule has 1 saturated heterocycles. The van der Waals surface area contributed by atoms with Crippen molar-refractivity contribution in [3.63, 3.8) is 0 Å². The zero-order valence-corrected chi connectivity index (χ0v) is 16.8. The summed E-state index contributed by atoms with van der Waals surface area (Å²) in [6.45, 7) is 5.61. The third-order valence-corrected chi connectivity index (χ3v) is 6.14. The van der Waals surface area contributed by atoms with Crippen LogP contribution in [0.25, 0.3) is 0 Å². The number of piperidine rings is 1. The molecule has 3 heterocycles. The fourth-order valence-corrected chi connectivity index (χ4v) is 4.40. The highest BCUT2D eigenvalue weighted by atomic mass is 32.1. The predicted octanol–water partition coefficient (Wildman–Crippen LogP) is 3.23. The largest absolute Gasteiger partial charge is 0.486 e. The molecule has 0 atom stereocenters. The summed E-state index contributed by atoms with van der Waals surface area (Å²) in [7, 11) is 0. The topological polar surface area (TPSA) is 62.8 Å². The third-order valence-electron chi connectivity index (χ3n) is 5.28. The van der Waals surface area contributed by atoms with Crippen molar-refractivity contribution in [2.24, 2.45) is 5.92 Å². The van der Waals surface area contributed by atoms with Gasteiger partial charge in [-0.3, -0.25) is 4.90 Å². The van der Waals surface area contributed by atoms with Gasteiger partial charge in [0.1, 0.15) is 13.2 Å². The number of carbonyl (C=O) groups is 1. The van der Waals surface area contributed by atoms with Crippen LogP contribution in [0.4, 0.5) is 4.79 Å². The third kappa shape index (κ3) is 5.17. The first-order valence-electron chi connectivity index (χ1n) is 9.91. The number of carbonyl (C=O) groups excluding carboxylic acids is 1. The van der Waals surface area contributed by atoms with Crippen LogP contribution in [-0.4, -0.2) is 43.8 Å². The molecule has 7 heteroatoms. The molecule has 1 aromatic heterocycles. The molecule has 0 bridgehead atoms. The average molecular weight is 402 g/mol. The smallest absolute Gasteiger partial charge is 0.315 e. The number of fused-ring (bicyclic) bond motifs is 1. The summed E-state index contributed by atoms with van der Waals surface area (Å²) < 4.78 is 11.1. The number of hydrogen-bond donors (Lipinski definition) is 2. The molecular weight excluding hydrogens is 374 g/mol. The van der Waals surface area contributed by atoms with Gasteiger partial charge < -0.3 is 20.1 Å². The lowest BCUT2D eigenvalue weighted by Gasteiger charge is -2.31. The normalized spacial score (nSPS) is 17.3. The Hall–Kier alpha value is -2.25. The number of urea groups is 1. The first-order valence-corrected chi connectivity index (χ1v) is 10.8. The monoisotopic (exact) mass is 401 g/mol. The summed E-state index contributed by atoms with van der Waals surface area (Å²) in [5.41, 5.74) is 1.00. The van der Waals surface area contributed by atoms with Crippen LogP contribution in [0.5, 0.6) is 11.5 Å². The summed E-state index contributed by atoms with van der Waals surface area (Å²) in [5.74, 6) is 2.07. The molecule has 0 unspecified atom stereocenters. The molecule has 0 radical (unpaired) electrons. The number of thiophene rings is 1. The minimum atomic E-state index is -0.115. The van der Waals surface area contributed by atoms with Crippen LogP contribution in [0.1, 0.15) is 23.3 Å². The average Bonchev–Trinajstić information content (AvgIpc) is 3.24. The van der Waals surface area contributed by atoms with Crippen molar-refractivity contribution in [2.75, 3.05) is 32.8 Å². The van der Waals surface area contributed by atoms with Crippen molar-refractivity contribution in [3.8, 4) is 11.5 Å². The van der Waals surface area contributed by atoms with E-state index in [-0.39, 0.29) is 6.03 Å². The molecule has 0 spiro atoms. The van der Waals surface area contributed by atoms with Crippen LogP contribution in [0.3, 0.4) is 0 Å². The minimum absolute atomic E-state index is 0.115. The van der Waals surface area contributed by atoms with Crippen molar-refractivity contribution in [1.82, 2.24) is 15.5 Å². The zero-order valence-electron chi connectivity index (χ0n) is 16.0. The number of likely N-dealkylation sites (tertiary alicyclic amines) is 1. The van der Waals surface area contributed by atoms with Crippen LogP contribution < -0.4 is 20.1 Å². The second kappa shape index (κ2) is 9.30. The molecule has 150 valence electrons. The van der Waals surface area contributed by atoms with Crippen molar-refractivity contribution >= 4 is 17.4 Å². The van der Waals surface area contributed by atoms with Gasteiger partial charge in [0, 0.05) is 24.5 Å². The maximum Gasteiger partial charge on any atom is 0.315 e. The van der Waals surface area contributed by atoms with E-state index in [1.165, 1.54) is 4.88 Å². The molecule has 6 nitrogen and oxygen atoms in total. The lowest BCUT2D eigenvalue weighted by molar-refractivity contribution is 0.171. The van der Waals surface area contributed by atoms with E-state index in [1.807, 2.05) is 29.5 Å². The van der Waals surface area contributed by atoms with Crippen LogP contribution in [0, 0.1) is 5.92 Å². The van der Waals surface area contributed by atoms with Gasteiger partial charge in [-0.1, -0.05) is 12.1 Å². The summed E-state index contributed by atoms with van der Waals surface area (Å²) in [6, 6.07) is 9.98. The van der Waals surface area contributed by atoms with Gasteiger partial charge in [-0.15, -0.1) is 11.3 Å². The molecule has 28 heavy (non-hydrogen) atoms. The lowest BCUT2D eigenvalue weighted by Crippen LogP contribution is -2.41. The lowest BCUT2D eigenvalue weighted by atomic mass is 9.97. The van der Waals surface area contributed by atoms with E-state index in [2.05, 4.69) is 33.0 Å². The van der Waals surface area contributed by atoms with Crippen LogP contribution in [-0.2, 0) is 13.1 Å². The summed E-state index contributed by atoms with van der Waals surface area (Å²) in [6.07, 6.45) is 2.27. The Kier molecular flexibility index (Phi) is 6.34. The van der Waals surface area contributed by atoms with E-state index >= 15 is 0 Å². The molecule has 2 aromatic rings. The maximum atomic E-state index is 12.1. The molecule has 2 N–H and O–H groups in total. The second-order valence-corrected chi connectivity index (χ2v) is 8.37. The molecule has 0 aliphatic carbocycles. The SMILES string of the molecule is O=C(NCc1ccc2c(c1)OCCO2)NCC1CCN(Cc2cccs2)CC1. The summed E-state index contributed by atoms with van der Waals surface area (Å²) >= 11 is 1.82. The van der Waals surface area contributed by atoms with E-state index < -0.39 is 0 Å². The Morgan fingerprint density at radius 3 is 2.71 bits per heavy atom. The van der Waals surface area contributed by atoms with Crippen molar-refractivity contribution in [2.45, 2.75) is 25.9 Å². The highest BCUT2D eigenvalue weighted by Crippen LogP contribution is 2.30. The number of hydrogen-bond acceptors (Lipinski definition) is 5. The van der Waals surface area contributed by atoms with Crippen LogP contribution in [0.15, 0.2) is 35.7 Å². The molecule has 1 fully saturated rings. The second-order valence-electron chi connectivity index (χ2n) is 7.34. The number of nitrogens with zero attached hydrogens (tertiary/aromatic N) is 1. The predicted molar refractivity (Wildman–Crippen MR) is 110 cm³/mol. The summed E-state index contributed by atoms with van der Waals surface area (Å²) in [5, 5.41) is 8.09. The van der Waals surface area contributed by atoms with Crippen molar-refractivity contribution in [1.29, 1.82) is 0 Å². The van der Waals surface area contributed by atoms with E-state index in [0.29, 0.717) is 25.7 Å². The van der Waals surface area contributed by atoms with E-state index in [0.717, 1.165) is 56.1 Å². The Balaban J connectivity index is 1.14. The maximum absolute atomic E-state index is 12.1. The van der Waals surface area contributed by atoms with Gasteiger partial charge in [0.25, 0.3) is 0 Å². The minimum Gasteiger partial charge on any atom is -0.486 e. The molecule has 2 amide bonds.